The molecule has 0 saturated heterocycles. The van der Waals surface area contributed by atoms with Crippen LogP contribution in [0.5, 0.6) is 0 Å². The number of carboxylic acids is 1. The Balaban J connectivity index is 2.87. The van der Waals surface area contributed by atoms with Crippen molar-refractivity contribution in [2.75, 3.05) is 18.5 Å². The summed E-state index contributed by atoms with van der Waals surface area (Å²) in [5.74, 6) is -0.853. The summed E-state index contributed by atoms with van der Waals surface area (Å²) in [5.41, 5.74) is 0.138. The van der Waals surface area contributed by atoms with Crippen LogP contribution in [0.15, 0.2) is 12.1 Å². The van der Waals surface area contributed by atoms with Gasteiger partial charge in [0.2, 0.25) is 0 Å². The van der Waals surface area contributed by atoms with Gasteiger partial charge in [-0.3, -0.25) is 4.79 Å². The molecule has 0 aliphatic heterocycles. The molecule has 1 aromatic rings. The predicted molar refractivity (Wildman–Crippen MR) is 64.0 cm³/mol. The summed E-state index contributed by atoms with van der Waals surface area (Å²) in [6, 6.07) is 5.10. The van der Waals surface area contributed by atoms with Crippen molar-refractivity contribution in [3.63, 3.8) is 0 Å². The maximum Gasteiger partial charge on any atom is 0.308 e. The smallest absolute Gasteiger partial charge is 0.308 e. The molecule has 1 aromatic heterocycles. The Hall–Kier alpha value is -1.80. The Morgan fingerprint density at radius 3 is 2.88 bits per heavy atom. The fraction of sp³-hybridized carbons (Fsp3) is 0.364. The molecule has 17 heavy (non-hydrogen) atoms. The lowest BCUT2D eigenvalue weighted by atomic mass is 10.2. The second-order valence-corrected chi connectivity index (χ2v) is 4.14. The fourth-order valence-electron chi connectivity index (χ4n) is 1.31. The molecule has 0 amide bonds. The Labute approximate surface area is 104 Å². The summed E-state index contributed by atoms with van der Waals surface area (Å²) in [5, 5.41) is 17.9. The molecule has 0 aromatic carbocycles. The zero-order valence-corrected chi connectivity index (χ0v) is 10.3. The molecule has 1 heterocycles. The van der Waals surface area contributed by atoms with Gasteiger partial charge < -0.3 is 10.0 Å². The van der Waals surface area contributed by atoms with Crippen LogP contribution in [-0.2, 0) is 4.79 Å². The highest BCUT2D eigenvalue weighted by atomic mass is 35.5. The molecule has 0 radical (unpaired) electrons. The number of hydrogen-bond donors (Lipinski definition) is 1. The molecule has 1 rings (SSSR count). The van der Waals surface area contributed by atoms with Crippen LogP contribution in [0, 0.1) is 17.2 Å². The number of hydrogen-bond acceptors (Lipinski definition) is 4. The zero-order chi connectivity index (χ0) is 13.0. The van der Waals surface area contributed by atoms with Crippen LogP contribution in [0.3, 0.4) is 0 Å². The minimum Gasteiger partial charge on any atom is -0.481 e. The predicted octanol–water partition coefficient (Wildman–Crippen LogP) is 1.76. The standard InChI is InChI=1S/C11H12ClN3O2/c1-7(11(16)17)6-15(2)10-4-3-8(12)9(5-13)14-10/h3-4,7H,6H2,1-2H3,(H,16,17). The Morgan fingerprint density at radius 1 is 1.71 bits per heavy atom. The van der Waals surface area contributed by atoms with Gasteiger partial charge >= 0.3 is 5.97 Å². The van der Waals surface area contributed by atoms with Gasteiger partial charge in [-0.1, -0.05) is 18.5 Å². The van der Waals surface area contributed by atoms with Gasteiger partial charge in [-0.25, -0.2) is 4.98 Å². The van der Waals surface area contributed by atoms with E-state index in [0.29, 0.717) is 12.4 Å². The van der Waals surface area contributed by atoms with Gasteiger partial charge in [0, 0.05) is 13.6 Å². The molecule has 0 fully saturated rings. The highest BCUT2D eigenvalue weighted by Gasteiger charge is 2.15. The molecule has 0 saturated carbocycles. The van der Waals surface area contributed by atoms with E-state index < -0.39 is 11.9 Å². The molecular weight excluding hydrogens is 242 g/mol. The van der Waals surface area contributed by atoms with Gasteiger partial charge in [-0.05, 0) is 12.1 Å². The molecule has 1 unspecified atom stereocenters. The largest absolute Gasteiger partial charge is 0.481 e. The number of nitriles is 1. The van der Waals surface area contributed by atoms with E-state index in [4.69, 9.17) is 22.0 Å². The van der Waals surface area contributed by atoms with E-state index in [1.165, 1.54) is 0 Å². The third-order valence-electron chi connectivity index (χ3n) is 2.30. The summed E-state index contributed by atoms with van der Waals surface area (Å²) < 4.78 is 0. The third kappa shape index (κ3) is 3.33. The first-order valence-corrected chi connectivity index (χ1v) is 5.34. The summed E-state index contributed by atoms with van der Waals surface area (Å²) in [6.45, 7) is 1.93. The number of carboxylic acid groups (broad SMARTS) is 1. The van der Waals surface area contributed by atoms with E-state index >= 15 is 0 Å². The number of aliphatic carboxylic acids is 1. The highest BCUT2D eigenvalue weighted by molar-refractivity contribution is 6.31. The summed E-state index contributed by atoms with van der Waals surface area (Å²) in [6.07, 6.45) is 0. The highest BCUT2D eigenvalue weighted by Crippen LogP contribution is 2.18. The van der Waals surface area contributed by atoms with Crippen molar-refractivity contribution in [1.29, 1.82) is 5.26 Å². The normalized spacial score (nSPS) is 11.6. The van der Waals surface area contributed by atoms with Crippen molar-refractivity contribution in [3.8, 4) is 6.07 Å². The lowest BCUT2D eigenvalue weighted by Gasteiger charge is -2.20. The topological polar surface area (TPSA) is 77.2 Å². The number of rotatable bonds is 4. The fourth-order valence-corrected chi connectivity index (χ4v) is 1.45. The molecular formula is C11H12ClN3O2. The second kappa shape index (κ2) is 5.51. The Kier molecular flexibility index (Phi) is 4.30. The summed E-state index contributed by atoms with van der Waals surface area (Å²) >= 11 is 5.76. The minimum atomic E-state index is -0.869. The number of pyridine rings is 1. The Morgan fingerprint density at radius 2 is 2.35 bits per heavy atom. The van der Waals surface area contributed by atoms with E-state index in [1.54, 1.807) is 31.0 Å². The molecule has 90 valence electrons. The van der Waals surface area contributed by atoms with Crippen molar-refractivity contribution in [2.45, 2.75) is 6.92 Å². The van der Waals surface area contributed by atoms with Gasteiger partial charge in [-0.15, -0.1) is 0 Å². The minimum absolute atomic E-state index is 0.138. The van der Waals surface area contributed by atoms with E-state index in [2.05, 4.69) is 4.98 Å². The first-order chi connectivity index (χ1) is 7.95. The van der Waals surface area contributed by atoms with Crippen molar-refractivity contribution in [1.82, 2.24) is 4.98 Å². The molecule has 5 nitrogen and oxygen atoms in total. The molecule has 0 aliphatic rings. The first-order valence-electron chi connectivity index (χ1n) is 4.96. The van der Waals surface area contributed by atoms with Crippen LogP contribution in [0.4, 0.5) is 5.82 Å². The van der Waals surface area contributed by atoms with E-state index in [-0.39, 0.29) is 10.7 Å². The van der Waals surface area contributed by atoms with Gasteiger partial charge in [0.1, 0.15) is 11.9 Å². The molecule has 0 spiro atoms. The average Bonchev–Trinajstić information content (AvgIpc) is 2.29. The van der Waals surface area contributed by atoms with E-state index in [0.717, 1.165) is 0 Å². The zero-order valence-electron chi connectivity index (χ0n) is 9.51. The van der Waals surface area contributed by atoms with Crippen LogP contribution in [0.1, 0.15) is 12.6 Å². The van der Waals surface area contributed by atoms with Crippen molar-refractivity contribution < 1.29 is 9.90 Å². The monoisotopic (exact) mass is 253 g/mol. The SMILES string of the molecule is CC(CN(C)c1ccc(Cl)c(C#N)n1)C(=O)O. The van der Waals surface area contributed by atoms with Crippen LogP contribution < -0.4 is 4.90 Å². The quantitative estimate of drug-likeness (QED) is 0.885. The summed E-state index contributed by atoms with van der Waals surface area (Å²) in [7, 11) is 1.72. The number of anilines is 1. The first kappa shape index (κ1) is 13.3. The maximum atomic E-state index is 10.7. The van der Waals surface area contributed by atoms with E-state index in [9.17, 15) is 4.79 Å². The van der Waals surface area contributed by atoms with Crippen LogP contribution >= 0.6 is 11.6 Å². The van der Waals surface area contributed by atoms with Gasteiger partial charge in [0.05, 0.1) is 10.9 Å². The molecule has 0 aliphatic carbocycles. The number of aromatic nitrogens is 1. The van der Waals surface area contributed by atoms with Gasteiger partial charge in [0.25, 0.3) is 0 Å². The van der Waals surface area contributed by atoms with Crippen LogP contribution in [0.25, 0.3) is 0 Å². The van der Waals surface area contributed by atoms with E-state index in [1.807, 2.05) is 6.07 Å². The average molecular weight is 254 g/mol. The van der Waals surface area contributed by atoms with Gasteiger partial charge in [-0.2, -0.15) is 5.26 Å². The second-order valence-electron chi connectivity index (χ2n) is 3.73. The number of carbonyl (C=O) groups is 1. The van der Waals surface area contributed by atoms with Crippen molar-refractivity contribution in [2.24, 2.45) is 5.92 Å². The molecule has 0 bridgehead atoms. The third-order valence-corrected chi connectivity index (χ3v) is 2.60. The van der Waals surface area contributed by atoms with Crippen molar-refractivity contribution in [3.05, 3.63) is 22.8 Å². The van der Waals surface area contributed by atoms with Crippen molar-refractivity contribution >= 4 is 23.4 Å². The Bertz CT molecular complexity index is 470. The van der Waals surface area contributed by atoms with Crippen LogP contribution in [-0.4, -0.2) is 29.7 Å². The number of halogens is 1. The number of nitrogens with zero attached hydrogens (tertiary/aromatic N) is 3. The van der Waals surface area contributed by atoms with Crippen LogP contribution in [0.2, 0.25) is 5.02 Å². The molecule has 6 heteroatoms. The van der Waals surface area contributed by atoms with Gasteiger partial charge in [0.15, 0.2) is 5.69 Å². The maximum absolute atomic E-state index is 10.7. The molecule has 1 atom stereocenters. The lowest BCUT2D eigenvalue weighted by Crippen LogP contribution is -2.29. The summed E-state index contributed by atoms with van der Waals surface area (Å²) in [4.78, 5) is 16.4. The lowest BCUT2D eigenvalue weighted by molar-refractivity contribution is -0.140. The molecule has 1 N–H and O–H groups in total.